The topological polar surface area (TPSA) is 99.0 Å². The zero-order valence-corrected chi connectivity index (χ0v) is 12.5. The maximum Gasteiger partial charge on any atom is 0.323 e. The molecule has 0 unspecified atom stereocenters. The van der Waals surface area contributed by atoms with Crippen LogP contribution in [0.2, 0.25) is 5.02 Å². The number of anilines is 1. The lowest BCUT2D eigenvalue weighted by molar-refractivity contribution is -0.137. The Balaban J connectivity index is 2.06. The van der Waals surface area contributed by atoms with Crippen molar-refractivity contribution in [2.24, 2.45) is 5.10 Å². The molecule has 0 fully saturated rings. The molecular weight excluding hydrogens is 322 g/mol. The zero-order valence-electron chi connectivity index (χ0n) is 11.7. The zero-order chi connectivity index (χ0) is 16.4. The highest BCUT2D eigenvalue weighted by Crippen LogP contribution is 2.32. The van der Waals surface area contributed by atoms with Crippen LogP contribution in [0.4, 0.5) is 5.69 Å². The third-order valence-electron chi connectivity index (χ3n) is 3.24. The first kappa shape index (κ1) is 15.1. The van der Waals surface area contributed by atoms with Crippen LogP contribution >= 0.6 is 11.6 Å². The van der Waals surface area contributed by atoms with Crippen molar-refractivity contribution in [3.05, 3.63) is 51.9 Å². The van der Waals surface area contributed by atoms with Crippen molar-refractivity contribution in [2.45, 2.75) is 6.54 Å². The molecule has 0 aliphatic carbocycles. The first-order chi connectivity index (χ1) is 11.0. The Hall–Kier alpha value is -2.84. The fourth-order valence-corrected chi connectivity index (χ4v) is 2.39. The van der Waals surface area contributed by atoms with Gasteiger partial charge in [-0.1, -0.05) is 11.6 Å². The normalized spacial score (nSPS) is 13.2. The Bertz CT molecular complexity index is 849. The van der Waals surface area contributed by atoms with Crippen molar-refractivity contribution in [3.63, 3.8) is 0 Å². The van der Waals surface area contributed by atoms with Crippen molar-refractivity contribution in [1.29, 1.82) is 0 Å². The van der Waals surface area contributed by atoms with Gasteiger partial charge in [0.25, 0.3) is 5.56 Å². The monoisotopic (exact) mass is 333 g/mol. The Morgan fingerprint density at radius 3 is 2.78 bits per heavy atom. The smallest absolute Gasteiger partial charge is 0.323 e. The maximum absolute atomic E-state index is 12.1. The van der Waals surface area contributed by atoms with Gasteiger partial charge in [-0.15, -0.1) is 5.53 Å². The molecule has 8 nitrogen and oxygen atoms in total. The van der Waals surface area contributed by atoms with E-state index in [0.717, 1.165) is 10.3 Å². The Labute approximate surface area is 135 Å². The summed E-state index contributed by atoms with van der Waals surface area (Å²) in [6, 6.07) is 8.27. The number of pyridine rings is 1. The highest BCUT2D eigenvalue weighted by Gasteiger charge is 2.15. The second-order valence-electron chi connectivity index (χ2n) is 4.77. The minimum absolute atomic E-state index is 0.383. The molecule has 2 heterocycles. The highest BCUT2D eigenvalue weighted by atomic mass is 35.5. The fraction of sp³-hybridized carbons (Fsp3) is 0.0714. The molecule has 2 aromatic rings. The number of nitrogens with zero attached hydrogens (tertiary/aromatic N) is 3. The van der Waals surface area contributed by atoms with Crippen LogP contribution in [0.5, 0.6) is 0 Å². The minimum Gasteiger partial charge on any atom is -0.480 e. The Kier molecular flexibility index (Phi) is 4.00. The SMILES string of the molecule is O=C(O)Cn1ccc(-c2cc(Cl)ccc2N2C=NNN2)cc1=O. The molecule has 23 heavy (non-hydrogen) atoms. The van der Waals surface area contributed by atoms with Crippen molar-refractivity contribution in [2.75, 3.05) is 5.01 Å². The Morgan fingerprint density at radius 2 is 2.13 bits per heavy atom. The van der Waals surface area contributed by atoms with Crippen LogP contribution in [-0.2, 0) is 11.3 Å². The minimum atomic E-state index is -1.08. The van der Waals surface area contributed by atoms with Gasteiger partial charge in [0.15, 0.2) is 0 Å². The molecule has 0 saturated heterocycles. The lowest BCUT2D eigenvalue weighted by atomic mass is 10.0. The molecular formula is C14H12ClN5O3. The number of carbonyl (C=O) groups is 1. The number of aliphatic carboxylic acids is 1. The third kappa shape index (κ3) is 3.17. The van der Waals surface area contributed by atoms with Crippen molar-refractivity contribution in [3.8, 4) is 11.1 Å². The molecule has 0 radical (unpaired) electrons. The number of carboxylic acid groups (broad SMARTS) is 1. The van der Waals surface area contributed by atoms with Gasteiger partial charge in [0, 0.05) is 22.8 Å². The van der Waals surface area contributed by atoms with Crippen molar-refractivity contribution in [1.82, 2.24) is 15.6 Å². The Morgan fingerprint density at radius 1 is 1.30 bits per heavy atom. The first-order valence-electron chi connectivity index (χ1n) is 6.60. The second-order valence-corrected chi connectivity index (χ2v) is 5.21. The van der Waals surface area contributed by atoms with Crippen LogP contribution in [0.3, 0.4) is 0 Å². The second kappa shape index (κ2) is 6.11. The summed E-state index contributed by atoms with van der Waals surface area (Å²) < 4.78 is 1.12. The summed E-state index contributed by atoms with van der Waals surface area (Å²) in [6.45, 7) is -0.383. The van der Waals surface area contributed by atoms with Gasteiger partial charge < -0.3 is 9.67 Å². The number of carboxylic acids is 1. The summed E-state index contributed by atoms with van der Waals surface area (Å²) in [4.78, 5) is 22.8. The van der Waals surface area contributed by atoms with Crippen LogP contribution in [0.15, 0.2) is 46.4 Å². The van der Waals surface area contributed by atoms with E-state index in [1.807, 2.05) is 0 Å². The molecule has 9 heteroatoms. The third-order valence-corrected chi connectivity index (χ3v) is 3.47. The largest absolute Gasteiger partial charge is 0.480 e. The highest BCUT2D eigenvalue weighted by molar-refractivity contribution is 6.31. The number of aromatic nitrogens is 1. The molecule has 118 valence electrons. The molecule has 1 aromatic carbocycles. The predicted octanol–water partition coefficient (Wildman–Crippen LogP) is 1.03. The molecule has 0 spiro atoms. The molecule has 1 aromatic heterocycles. The van der Waals surface area contributed by atoms with Crippen LogP contribution in [-0.4, -0.2) is 22.0 Å². The number of halogens is 1. The van der Waals surface area contributed by atoms with Gasteiger partial charge in [0.1, 0.15) is 12.9 Å². The molecule has 1 aliphatic rings. The summed E-state index contributed by atoms with van der Waals surface area (Å²) >= 11 is 6.06. The average Bonchev–Trinajstić information content (AvgIpc) is 3.03. The molecule has 0 atom stereocenters. The van der Waals surface area contributed by atoms with Gasteiger partial charge in [0.05, 0.1) is 5.69 Å². The van der Waals surface area contributed by atoms with E-state index in [9.17, 15) is 9.59 Å². The van der Waals surface area contributed by atoms with Crippen LogP contribution in [0.25, 0.3) is 11.1 Å². The summed E-state index contributed by atoms with van der Waals surface area (Å²) in [5, 5.41) is 14.8. The van der Waals surface area contributed by atoms with E-state index in [4.69, 9.17) is 16.7 Å². The van der Waals surface area contributed by atoms with E-state index in [0.29, 0.717) is 16.1 Å². The fourth-order valence-electron chi connectivity index (χ4n) is 2.22. The first-order valence-corrected chi connectivity index (χ1v) is 6.97. The summed E-state index contributed by atoms with van der Waals surface area (Å²) in [5.41, 5.74) is 7.06. The molecule has 0 bridgehead atoms. The van der Waals surface area contributed by atoms with Crippen LogP contribution < -0.4 is 21.6 Å². The van der Waals surface area contributed by atoms with Gasteiger partial charge in [-0.2, -0.15) is 5.10 Å². The number of benzene rings is 1. The average molecular weight is 334 g/mol. The van der Waals surface area contributed by atoms with E-state index in [2.05, 4.69) is 16.2 Å². The number of rotatable bonds is 4. The number of hydrazone groups is 1. The quantitative estimate of drug-likeness (QED) is 0.773. The summed E-state index contributed by atoms with van der Waals surface area (Å²) in [6.07, 6.45) is 2.98. The standard InChI is InChI=1S/C14H12ClN5O3/c15-10-1-2-12(20-8-16-17-18-20)11(6-10)9-3-4-19(7-14(22)23)13(21)5-9/h1-6,8,17-18H,7H2,(H,22,23). The van der Waals surface area contributed by atoms with Crippen LogP contribution in [0.1, 0.15) is 0 Å². The van der Waals surface area contributed by atoms with E-state index in [-0.39, 0.29) is 6.54 Å². The summed E-state index contributed by atoms with van der Waals surface area (Å²) in [7, 11) is 0. The number of hydrogen-bond donors (Lipinski definition) is 3. The van der Waals surface area contributed by atoms with Crippen molar-refractivity contribution >= 4 is 29.6 Å². The molecule has 0 amide bonds. The number of hydrazine groups is 2. The van der Waals surface area contributed by atoms with Crippen molar-refractivity contribution < 1.29 is 9.90 Å². The lowest BCUT2D eigenvalue weighted by Crippen LogP contribution is -2.37. The van der Waals surface area contributed by atoms with E-state index < -0.39 is 11.5 Å². The predicted molar refractivity (Wildman–Crippen MR) is 86.0 cm³/mol. The molecule has 3 rings (SSSR count). The van der Waals surface area contributed by atoms with Gasteiger partial charge in [0.2, 0.25) is 0 Å². The van der Waals surface area contributed by atoms with Gasteiger partial charge in [-0.3, -0.25) is 9.59 Å². The van der Waals surface area contributed by atoms with Gasteiger partial charge in [-0.05, 0) is 29.8 Å². The van der Waals surface area contributed by atoms with E-state index >= 15 is 0 Å². The number of nitrogens with one attached hydrogen (secondary N) is 2. The molecule has 3 N–H and O–H groups in total. The van der Waals surface area contributed by atoms with Gasteiger partial charge >= 0.3 is 5.97 Å². The van der Waals surface area contributed by atoms with E-state index in [1.165, 1.54) is 12.3 Å². The summed E-state index contributed by atoms with van der Waals surface area (Å²) in [5.74, 6) is -1.08. The van der Waals surface area contributed by atoms with Gasteiger partial charge in [-0.25, -0.2) is 10.5 Å². The van der Waals surface area contributed by atoms with Crippen LogP contribution in [0, 0.1) is 0 Å². The lowest BCUT2D eigenvalue weighted by Gasteiger charge is -2.18. The van der Waals surface area contributed by atoms with E-state index in [1.54, 1.807) is 35.6 Å². The number of hydrogen-bond acceptors (Lipinski definition) is 6. The molecule has 0 saturated carbocycles. The maximum atomic E-state index is 12.1. The molecule has 1 aliphatic heterocycles.